The fraction of sp³-hybridized carbons (Fsp3) is 0.647. The molecular weight excluding hydrogens is 273 g/mol. The Bertz CT molecular complexity index is 432. The first-order valence-corrected chi connectivity index (χ1v) is 8.31. The summed E-state index contributed by atoms with van der Waals surface area (Å²) in [5.74, 6) is 0.666. The van der Waals surface area contributed by atoms with E-state index < -0.39 is 0 Å². The van der Waals surface area contributed by atoms with E-state index in [0.29, 0.717) is 17.0 Å². The van der Waals surface area contributed by atoms with Gasteiger partial charge >= 0.3 is 0 Å². The quantitative estimate of drug-likeness (QED) is 0.815. The zero-order valence-corrected chi connectivity index (χ0v) is 12.6. The zero-order valence-electron chi connectivity index (χ0n) is 11.9. The van der Waals surface area contributed by atoms with E-state index in [9.17, 15) is 4.39 Å². The third-order valence-corrected chi connectivity index (χ3v) is 5.12. The van der Waals surface area contributed by atoms with Crippen molar-refractivity contribution < 1.29 is 4.39 Å². The molecule has 0 aromatic heterocycles. The van der Waals surface area contributed by atoms with Crippen LogP contribution in [0.1, 0.15) is 56.4 Å². The predicted molar refractivity (Wildman–Crippen MR) is 81.8 cm³/mol. The molecule has 0 spiro atoms. The molecule has 0 heterocycles. The molecule has 2 aliphatic carbocycles. The van der Waals surface area contributed by atoms with Crippen molar-refractivity contribution in [2.24, 2.45) is 5.92 Å². The number of halogens is 2. The van der Waals surface area contributed by atoms with Gasteiger partial charge in [-0.05, 0) is 43.7 Å². The topological polar surface area (TPSA) is 12.0 Å². The molecule has 2 saturated carbocycles. The van der Waals surface area contributed by atoms with Crippen LogP contribution in [0, 0.1) is 11.7 Å². The van der Waals surface area contributed by atoms with E-state index in [4.69, 9.17) is 11.6 Å². The van der Waals surface area contributed by atoms with Crippen LogP contribution < -0.4 is 5.32 Å². The Morgan fingerprint density at radius 2 is 1.90 bits per heavy atom. The molecule has 2 fully saturated rings. The lowest BCUT2D eigenvalue weighted by molar-refractivity contribution is 0.292. The molecule has 0 amide bonds. The van der Waals surface area contributed by atoms with Gasteiger partial charge in [0.1, 0.15) is 5.82 Å². The first kappa shape index (κ1) is 14.3. The van der Waals surface area contributed by atoms with Gasteiger partial charge in [0.15, 0.2) is 0 Å². The van der Waals surface area contributed by atoms with Crippen LogP contribution in [0.4, 0.5) is 4.39 Å². The molecular formula is C17H23ClFN. The molecule has 3 rings (SSSR count). The zero-order chi connectivity index (χ0) is 13.9. The van der Waals surface area contributed by atoms with Crippen molar-refractivity contribution in [3.63, 3.8) is 0 Å². The Morgan fingerprint density at radius 3 is 2.55 bits per heavy atom. The van der Waals surface area contributed by atoms with Crippen molar-refractivity contribution >= 4 is 11.6 Å². The van der Waals surface area contributed by atoms with E-state index in [1.165, 1.54) is 44.9 Å². The van der Waals surface area contributed by atoms with E-state index in [-0.39, 0.29) is 11.7 Å². The fourth-order valence-corrected chi connectivity index (χ4v) is 3.79. The summed E-state index contributed by atoms with van der Waals surface area (Å²) in [5.41, 5.74) is 0.745. The highest BCUT2D eigenvalue weighted by Gasteiger charge is 2.30. The lowest BCUT2D eigenvalue weighted by atomic mass is 9.76. The second-order valence-corrected chi connectivity index (χ2v) is 6.73. The lowest BCUT2D eigenvalue weighted by Gasteiger charge is -2.31. The number of rotatable bonds is 5. The summed E-state index contributed by atoms with van der Waals surface area (Å²) in [7, 11) is 0. The number of hydrogen-bond donors (Lipinski definition) is 1. The van der Waals surface area contributed by atoms with Gasteiger partial charge in [-0.15, -0.1) is 0 Å². The Morgan fingerprint density at radius 1 is 1.15 bits per heavy atom. The number of benzene rings is 1. The maximum Gasteiger partial charge on any atom is 0.128 e. The first-order chi connectivity index (χ1) is 9.75. The van der Waals surface area contributed by atoms with Crippen LogP contribution >= 0.6 is 11.6 Å². The van der Waals surface area contributed by atoms with Crippen LogP contribution in [-0.2, 0) is 0 Å². The molecule has 1 aromatic carbocycles. The molecule has 1 unspecified atom stereocenters. The summed E-state index contributed by atoms with van der Waals surface area (Å²) in [6.07, 6.45) is 8.83. The molecule has 1 atom stereocenters. The Kier molecular flexibility index (Phi) is 4.62. The van der Waals surface area contributed by atoms with Gasteiger partial charge in [0.25, 0.3) is 0 Å². The Hall–Kier alpha value is -0.600. The third kappa shape index (κ3) is 3.35. The molecule has 20 heavy (non-hydrogen) atoms. The van der Waals surface area contributed by atoms with Gasteiger partial charge in [-0.3, -0.25) is 0 Å². The van der Waals surface area contributed by atoms with Crippen molar-refractivity contribution in [2.45, 2.75) is 56.9 Å². The molecule has 1 aromatic rings. The Labute approximate surface area is 125 Å². The molecule has 1 N–H and O–H groups in total. The average Bonchev–Trinajstić information content (AvgIpc) is 3.27. The number of nitrogens with one attached hydrogen (secondary N) is 1. The monoisotopic (exact) mass is 295 g/mol. The van der Waals surface area contributed by atoms with Crippen LogP contribution in [0.3, 0.4) is 0 Å². The van der Waals surface area contributed by atoms with Crippen LogP contribution in [0.5, 0.6) is 0 Å². The van der Waals surface area contributed by atoms with E-state index in [1.807, 2.05) is 6.07 Å². The molecule has 1 nitrogen and oxygen atoms in total. The normalized spacial score (nSPS) is 21.9. The summed E-state index contributed by atoms with van der Waals surface area (Å²) in [4.78, 5) is 0. The largest absolute Gasteiger partial charge is 0.313 e. The summed E-state index contributed by atoms with van der Waals surface area (Å²) < 4.78 is 14.3. The van der Waals surface area contributed by atoms with Crippen LogP contribution in [0.2, 0.25) is 5.02 Å². The van der Waals surface area contributed by atoms with Gasteiger partial charge in [-0.1, -0.05) is 36.9 Å². The third-order valence-electron chi connectivity index (χ3n) is 4.79. The molecule has 0 bridgehead atoms. The van der Waals surface area contributed by atoms with Crippen LogP contribution in [0.15, 0.2) is 18.2 Å². The van der Waals surface area contributed by atoms with Gasteiger partial charge in [0.05, 0.1) is 0 Å². The van der Waals surface area contributed by atoms with Crippen molar-refractivity contribution in [1.29, 1.82) is 0 Å². The lowest BCUT2D eigenvalue weighted by Crippen LogP contribution is -2.30. The van der Waals surface area contributed by atoms with Crippen molar-refractivity contribution in [3.8, 4) is 0 Å². The maximum absolute atomic E-state index is 14.3. The van der Waals surface area contributed by atoms with E-state index in [2.05, 4.69) is 5.32 Å². The average molecular weight is 296 g/mol. The Balaban J connectivity index is 1.82. The molecule has 110 valence electrons. The highest BCUT2D eigenvalue weighted by molar-refractivity contribution is 6.31. The summed E-state index contributed by atoms with van der Waals surface area (Å²) in [6, 6.07) is 5.74. The smallest absolute Gasteiger partial charge is 0.128 e. The minimum Gasteiger partial charge on any atom is -0.313 e. The highest BCUT2D eigenvalue weighted by atomic mass is 35.5. The second kappa shape index (κ2) is 6.44. The number of hydrogen-bond acceptors (Lipinski definition) is 1. The highest BCUT2D eigenvalue weighted by Crippen LogP contribution is 2.39. The van der Waals surface area contributed by atoms with Crippen molar-refractivity contribution in [1.82, 2.24) is 5.32 Å². The van der Waals surface area contributed by atoms with E-state index in [1.54, 1.807) is 12.1 Å². The molecule has 0 saturated heterocycles. The minimum absolute atomic E-state index is 0.134. The minimum atomic E-state index is -0.134. The molecule has 0 aliphatic heterocycles. The molecule has 3 heteroatoms. The second-order valence-electron chi connectivity index (χ2n) is 6.32. The fourth-order valence-electron chi connectivity index (χ4n) is 3.49. The standard InChI is InChI=1S/C17H23ClFN/c18-15-7-4-8-16(19)17(15)14(11-20-13-9-10-13)12-5-2-1-3-6-12/h4,7-8,12-14,20H,1-3,5-6,9-11H2. The summed E-state index contributed by atoms with van der Waals surface area (Å²) >= 11 is 6.31. The van der Waals surface area contributed by atoms with Gasteiger partial charge in [0, 0.05) is 29.1 Å². The van der Waals surface area contributed by atoms with Gasteiger partial charge in [-0.2, -0.15) is 0 Å². The van der Waals surface area contributed by atoms with Gasteiger partial charge in [0.2, 0.25) is 0 Å². The predicted octanol–water partition coefficient (Wildman–Crippen LogP) is 4.90. The van der Waals surface area contributed by atoms with E-state index >= 15 is 0 Å². The van der Waals surface area contributed by atoms with E-state index in [0.717, 1.165) is 12.1 Å². The van der Waals surface area contributed by atoms with Crippen LogP contribution in [-0.4, -0.2) is 12.6 Å². The summed E-state index contributed by atoms with van der Waals surface area (Å²) in [6.45, 7) is 0.871. The van der Waals surface area contributed by atoms with Crippen molar-refractivity contribution in [3.05, 3.63) is 34.6 Å². The SMILES string of the molecule is Fc1cccc(Cl)c1C(CNC1CC1)C1CCCCC1. The van der Waals surface area contributed by atoms with Gasteiger partial charge < -0.3 is 5.32 Å². The first-order valence-electron chi connectivity index (χ1n) is 7.93. The molecule has 0 radical (unpaired) electrons. The molecule has 2 aliphatic rings. The van der Waals surface area contributed by atoms with Crippen LogP contribution in [0.25, 0.3) is 0 Å². The summed E-state index contributed by atoms with van der Waals surface area (Å²) in [5, 5.41) is 4.18. The van der Waals surface area contributed by atoms with Crippen molar-refractivity contribution in [2.75, 3.05) is 6.54 Å². The van der Waals surface area contributed by atoms with Gasteiger partial charge in [-0.25, -0.2) is 4.39 Å². The maximum atomic E-state index is 14.3.